The van der Waals surface area contributed by atoms with Gasteiger partial charge in [-0.2, -0.15) is 0 Å². The van der Waals surface area contributed by atoms with Crippen molar-refractivity contribution in [3.63, 3.8) is 0 Å². The molecule has 1 heterocycles. The first kappa shape index (κ1) is 15.8. The molecule has 6 heteroatoms. The minimum Gasteiger partial charge on any atom is -0.480 e. The van der Waals surface area contributed by atoms with E-state index in [2.05, 4.69) is 13.8 Å². The Labute approximate surface area is 114 Å². The molecular weight excluding hydrogens is 248 g/mol. The van der Waals surface area contributed by atoms with E-state index in [-0.39, 0.29) is 12.6 Å². The van der Waals surface area contributed by atoms with E-state index in [9.17, 15) is 9.59 Å². The van der Waals surface area contributed by atoms with Gasteiger partial charge in [-0.3, -0.25) is 0 Å². The standard InChI is InChI=1S/C13H24N2O4/c1-5-10(2)6-14(4)12(18)15-8-13(3,9-15)19-7-11(16)17/h10H,5-9H2,1-4H3,(H,16,17). The number of rotatable bonds is 6. The third-order valence-corrected chi connectivity index (χ3v) is 3.47. The van der Waals surface area contributed by atoms with Crippen molar-refractivity contribution in [3.8, 4) is 0 Å². The monoisotopic (exact) mass is 272 g/mol. The zero-order chi connectivity index (χ0) is 14.6. The zero-order valence-electron chi connectivity index (χ0n) is 12.2. The van der Waals surface area contributed by atoms with Crippen LogP contribution >= 0.6 is 0 Å². The molecule has 19 heavy (non-hydrogen) atoms. The Morgan fingerprint density at radius 3 is 2.53 bits per heavy atom. The van der Waals surface area contributed by atoms with E-state index in [4.69, 9.17) is 9.84 Å². The number of aliphatic carboxylic acids is 1. The summed E-state index contributed by atoms with van der Waals surface area (Å²) >= 11 is 0. The van der Waals surface area contributed by atoms with Crippen molar-refractivity contribution < 1.29 is 19.4 Å². The highest BCUT2D eigenvalue weighted by atomic mass is 16.5. The van der Waals surface area contributed by atoms with Crippen molar-refractivity contribution in [2.45, 2.75) is 32.8 Å². The van der Waals surface area contributed by atoms with E-state index < -0.39 is 11.6 Å². The van der Waals surface area contributed by atoms with Crippen molar-refractivity contribution in [1.29, 1.82) is 0 Å². The Morgan fingerprint density at radius 2 is 2.05 bits per heavy atom. The number of likely N-dealkylation sites (tertiary alicyclic amines) is 1. The van der Waals surface area contributed by atoms with Crippen LogP contribution in [-0.2, 0) is 9.53 Å². The molecule has 1 unspecified atom stereocenters. The summed E-state index contributed by atoms with van der Waals surface area (Å²) in [5.41, 5.74) is -0.523. The lowest BCUT2D eigenvalue weighted by molar-refractivity contribution is -0.160. The van der Waals surface area contributed by atoms with Gasteiger partial charge in [0.25, 0.3) is 0 Å². The van der Waals surface area contributed by atoms with Crippen LogP contribution in [0.2, 0.25) is 0 Å². The molecule has 1 atom stereocenters. The maximum absolute atomic E-state index is 12.1. The molecular formula is C13H24N2O4. The molecule has 2 amide bonds. The lowest BCUT2D eigenvalue weighted by atomic mass is 9.97. The molecule has 1 fully saturated rings. The molecule has 0 spiro atoms. The third-order valence-electron chi connectivity index (χ3n) is 3.47. The smallest absolute Gasteiger partial charge is 0.329 e. The number of urea groups is 1. The second-order valence-corrected chi connectivity index (χ2v) is 5.66. The van der Waals surface area contributed by atoms with E-state index in [1.54, 1.807) is 16.8 Å². The number of carboxylic acids is 1. The second-order valence-electron chi connectivity index (χ2n) is 5.66. The lowest BCUT2D eigenvalue weighted by Gasteiger charge is -2.48. The average molecular weight is 272 g/mol. The van der Waals surface area contributed by atoms with Crippen LogP contribution in [0.4, 0.5) is 4.79 Å². The summed E-state index contributed by atoms with van der Waals surface area (Å²) in [5, 5.41) is 8.57. The minimum atomic E-state index is -0.986. The van der Waals surface area contributed by atoms with Crippen molar-refractivity contribution in [2.75, 3.05) is 33.3 Å². The predicted molar refractivity (Wildman–Crippen MR) is 71.0 cm³/mol. The molecule has 1 aliphatic rings. The molecule has 0 aromatic heterocycles. The number of carboxylic acid groups (broad SMARTS) is 1. The molecule has 1 N–H and O–H groups in total. The van der Waals surface area contributed by atoms with Gasteiger partial charge in [0.2, 0.25) is 0 Å². The summed E-state index contributed by atoms with van der Waals surface area (Å²) in [6.45, 7) is 7.35. The van der Waals surface area contributed by atoms with Crippen molar-refractivity contribution in [2.24, 2.45) is 5.92 Å². The molecule has 0 radical (unpaired) electrons. The molecule has 110 valence electrons. The highest BCUT2D eigenvalue weighted by molar-refractivity contribution is 5.75. The van der Waals surface area contributed by atoms with E-state index in [1.807, 2.05) is 6.92 Å². The molecule has 0 saturated carbocycles. The van der Waals surface area contributed by atoms with Gasteiger partial charge in [-0.15, -0.1) is 0 Å². The number of nitrogens with zero attached hydrogens (tertiary/aromatic N) is 2. The molecule has 0 aromatic rings. The molecule has 1 rings (SSSR count). The van der Waals surface area contributed by atoms with Crippen LogP contribution in [0.3, 0.4) is 0 Å². The minimum absolute atomic E-state index is 0.0169. The third kappa shape index (κ3) is 4.38. The van der Waals surface area contributed by atoms with Crippen molar-refractivity contribution in [3.05, 3.63) is 0 Å². The Hall–Kier alpha value is -1.30. The van der Waals surface area contributed by atoms with Crippen LogP contribution in [0.1, 0.15) is 27.2 Å². The summed E-state index contributed by atoms with van der Waals surface area (Å²) < 4.78 is 5.28. The second kappa shape index (κ2) is 6.23. The molecule has 0 aromatic carbocycles. The van der Waals surface area contributed by atoms with Gasteiger partial charge < -0.3 is 19.6 Å². The molecule has 1 aliphatic heterocycles. The molecule has 1 saturated heterocycles. The SMILES string of the molecule is CCC(C)CN(C)C(=O)N1CC(C)(OCC(=O)O)C1. The maximum atomic E-state index is 12.1. The highest BCUT2D eigenvalue weighted by Gasteiger charge is 2.43. The van der Waals surface area contributed by atoms with Gasteiger partial charge in [0.1, 0.15) is 12.2 Å². The maximum Gasteiger partial charge on any atom is 0.329 e. The van der Waals surface area contributed by atoms with Crippen LogP contribution < -0.4 is 0 Å². The van der Waals surface area contributed by atoms with Gasteiger partial charge in [-0.1, -0.05) is 20.3 Å². The quantitative estimate of drug-likeness (QED) is 0.790. The number of carbonyl (C=O) groups is 2. The Bertz CT molecular complexity index is 340. The first-order chi connectivity index (χ1) is 8.77. The predicted octanol–water partition coefficient (Wildman–Crippen LogP) is 1.26. The largest absolute Gasteiger partial charge is 0.480 e. The van der Waals surface area contributed by atoms with Gasteiger partial charge in [-0.05, 0) is 12.8 Å². The van der Waals surface area contributed by atoms with Crippen LogP contribution in [0.25, 0.3) is 0 Å². The summed E-state index contributed by atoms with van der Waals surface area (Å²) in [6.07, 6.45) is 1.04. The number of amides is 2. The van der Waals surface area contributed by atoms with E-state index >= 15 is 0 Å². The van der Waals surface area contributed by atoms with Crippen molar-refractivity contribution in [1.82, 2.24) is 9.80 Å². The normalized spacial score (nSPS) is 18.6. The van der Waals surface area contributed by atoms with Gasteiger partial charge in [0.05, 0.1) is 13.1 Å². The van der Waals surface area contributed by atoms with Gasteiger partial charge >= 0.3 is 12.0 Å². The number of ether oxygens (including phenoxy) is 1. The Kier molecular flexibility index (Phi) is 5.17. The summed E-state index contributed by atoms with van der Waals surface area (Å²) in [4.78, 5) is 25.9. The fourth-order valence-electron chi connectivity index (χ4n) is 2.14. The molecule has 0 bridgehead atoms. The zero-order valence-corrected chi connectivity index (χ0v) is 12.2. The highest BCUT2D eigenvalue weighted by Crippen LogP contribution is 2.25. The summed E-state index contributed by atoms with van der Waals surface area (Å²) in [7, 11) is 1.79. The number of hydrogen-bond donors (Lipinski definition) is 1. The average Bonchev–Trinajstić information content (AvgIpc) is 2.31. The van der Waals surface area contributed by atoms with Crippen LogP contribution in [0.15, 0.2) is 0 Å². The molecule has 0 aliphatic carbocycles. The van der Waals surface area contributed by atoms with E-state index in [1.165, 1.54) is 0 Å². The Morgan fingerprint density at radius 1 is 1.47 bits per heavy atom. The van der Waals surface area contributed by atoms with E-state index in [0.29, 0.717) is 19.0 Å². The van der Waals surface area contributed by atoms with Crippen molar-refractivity contribution >= 4 is 12.0 Å². The number of carbonyl (C=O) groups excluding carboxylic acids is 1. The fraction of sp³-hybridized carbons (Fsp3) is 0.846. The van der Waals surface area contributed by atoms with Gasteiger partial charge in [-0.25, -0.2) is 9.59 Å². The summed E-state index contributed by atoms with van der Waals surface area (Å²) in [5.74, 6) is -0.509. The van der Waals surface area contributed by atoms with Crippen LogP contribution in [0.5, 0.6) is 0 Å². The van der Waals surface area contributed by atoms with Gasteiger partial charge in [0, 0.05) is 13.6 Å². The summed E-state index contributed by atoms with van der Waals surface area (Å²) in [6, 6.07) is -0.0169. The fourth-order valence-corrected chi connectivity index (χ4v) is 2.14. The first-order valence-corrected chi connectivity index (χ1v) is 6.63. The molecule has 6 nitrogen and oxygen atoms in total. The van der Waals surface area contributed by atoms with Gasteiger partial charge in [0.15, 0.2) is 0 Å². The van der Waals surface area contributed by atoms with Crippen LogP contribution in [-0.4, -0.2) is 65.8 Å². The van der Waals surface area contributed by atoms with Crippen LogP contribution in [0, 0.1) is 5.92 Å². The Balaban J connectivity index is 2.36. The topological polar surface area (TPSA) is 70.1 Å². The van der Waals surface area contributed by atoms with E-state index in [0.717, 1.165) is 13.0 Å². The lowest BCUT2D eigenvalue weighted by Crippen LogP contribution is -2.65. The number of hydrogen-bond acceptors (Lipinski definition) is 3. The first-order valence-electron chi connectivity index (χ1n) is 6.63.